The molecule has 1 saturated carbocycles. The zero-order chi connectivity index (χ0) is 28.2. The zero-order valence-electron chi connectivity index (χ0n) is 21.8. The topological polar surface area (TPSA) is 66.9 Å². The van der Waals surface area contributed by atoms with Gasteiger partial charge in [0.1, 0.15) is 18.2 Å². The number of carbonyl (C=O) groups is 1. The maximum Gasteiger partial charge on any atom is 0.433 e. The lowest BCUT2D eigenvalue weighted by Crippen LogP contribution is -2.25. The van der Waals surface area contributed by atoms with Crippen LogP contribution >= 0.6 is 0 Å². The Morgan fingerprint density at radius 3 is 2.44 bits per heavy atom. The van der Waals surface area contributed by atoms with E-state index in [4.69, 9.17) is 18.9 Å². The van der Waals surface area contributed by atoms with Gasteiger partial charge in [-0.15, -0.1) is 0 Å². The van der Waals surface area contributed by atoms with Crippen LogP contribution in [-0.2, 0) is 22.1 Å². The lowest BCUT2D eigenvalue weighted by atomic mass is 10.00. The molecule has 208 valence electrons. The number of methoxy groups -OCH3 is 2. The average Bonchev–Trinajstić information content (AvgIpc) is 3.81. The number of pyridine rings is 1. The van der Waals surface area contributed by atoms with Crippen LogP contribution < -0.4 is 14.2 Å². The Morgan fingerprint density at radius 2 is 1.79 bits per heavy atom. The van der Waals surface area contributed by atoms with Crippen molar-refractivity contribution in [2.24, 2.45) is 5.92 Å². The van der Waals surface area contributed by atoms with Gasteiger partial charge in [-0.2, -0.15) is 13.2 Å². The molecule has 1 aliphatic carbocycles. The van der Waals surface area contributed by atoms with E-state index < -0.39 is 29.7 Å². The molecule has 0 spiro atoms. The van der Waals surface area contributed by atoms with Crippen LogP contribution in [0, 0.1) is 11.7 Å². The molecule has 2 atom stereocenters. The smallest absolute Gasteiger partial charge is 0.433 e. The van der Waals surface area contributed by atoms with Crippen molar-refractivity contribution in [3.8, 4) is 28.5 Å². The summed E-state index contributed by atoms with van der Waals surface area (Å²) >= 11 is 0. The molecule has 1 fully saturated rings. The molecule has 0 radical (unpaired) electrons. The van der Waals surface area contributed by atoms with Gasteiger partial charge in [0.2, 0.25) is 0 Å². The Hall–Kier alpha value is -3.82. The number of carbonyl (C=O) groups excluding carboxylic acids is 1. The maximum absolute atomic E-state index is 14.4. The quantitative estimate of drug-likeness (QED) is 0.246. The molecule has 5 rings (SSSR count). The van der Waals surface area contributed by atoms with Crippen molar-refractivity contribution in [1.29, 1.82) is 0 Å². The van der Waals surface area contributed by atoms with E-state index in [-0.39, 0.29) is 40.9 Å². The first-order chi connectivity index (χ1) is 18.6. The number of esters is 1. The van der Waals surface area contributed by atoms with Crippen LogP contribution in [0.3, 0.4) is 0 Å². The van der Waals surface area contributed by atoms with E-state index in [0.717, 1.165) is 11.6 Å². The summed E-state index contributed by atoms with van der Waals surface area (Å²) in [6.45, 7) is 1.53. The zero-order valence-corrected chi connectivity index (χ0v) is 21.8. The van der Waals surface area contributed by atoms with E-state index in [0.29, 0.717) is 12.2 Å². The molecule has 0 bridgehead atoms. The first kappa shape index (κ1) is 28.2. The summed E-state index contributed by atoms with van der Waals surface area (Å²) in [4.78, 5) is 15.5. The number of nitrogens with zero attached hydrogens (tertiary/aromatic N) is 1. The Kier molecular flexibility index (Phi) is 8.62. The van der Waals surface area contributed by atoms with Gasteiger partial charge in [0.05, 0.1) is 25.8 Å². The Labute approximate surface area is 223 Å². The standard InChI is InChI=1S/C26H23F4NO5.C3H6/c1-14(25(32)34-3)10-15-4-9-21-22(11-15)36-23(13-35-21)17-6-8-20(31-24(17)26(28,29)30)18-12-16(33-2)5-7-19(18)27;1-2-3-1/h4-9,11-12,14,23H,10,13H2,1-3H3;1-3H2. The molecule has 3 aromatic rings. The minimum atomic E-state index is -4.83. The number of hydrogen-bond donors (Lipinski definition) is 0. The normalized spacial score (nSPS) is 16.4. The van der Waals surface area contributed by atoms with Gasteiger partial charge in [-0.3, -0.25) is 4.79 Å². The molecule has 39 heavy (non-hydrogen) atoms. The van der Waals surface area contributed by atoms with Gasteiger partial charge in [0.15, 0.2) is 23.3 Å². The molecular weight excluding hydrogens is 518 g/mol. The monoisotopic (exact) mass is 547 g/mol. The predicted molar refractivity (Wildman–Crippen MR) is 135 cm³/mol. The molecule has 0 N–H and O–H groups in total. The van der Waals surface area contributed by atoms with Crippen LogP contribution in [0.4, 0.5) is 17.6 Å². The molecule has 2 aromatic carbocycles. The first-order valence-corrected chi connectivity index (χ1v) is 12.5. The molecule has 0 saturated heterocycles. The summed E-state index contributed by atoms with van der Waals surface area (Å²) in [5, 5.41) is 0. The number of rotatable bonds is 6. The van der Waals surface area contributed by atoms with Crippen molar-refractivity contribution >= 4 is 5.97 Å². The van der Waals surface area contributed by atoms with Crippen LogP contribution in [0.25, 0.3) is 11.3 Å². The first-order valence-electron chi connectivity index (χ1n) is 12.5. The van der Waals surface area contributed by atoms with Crippen LogP contribution in [0.5, 0.6) is 17.2 Å². The predicted octanol–water partition coefficient (Wildman–Crippen LogP) is 6.95. The fourth-order valence-corrected chi connectivity index (χ4v) is 3.97. The molecule has 10 heteroatoms. The largest absolute Gasteiger partial charge is 0.497 e. The fourth-order valence-electron chi connectivity index (χ4n) is 3.97. The average molecular weight is 548 g/mol. The summed E-state index contributed by atoms with van der Waals surface area (Å²) in [5.41, 5.74) is -1.03. The van der Waals surface area contributed by atoms with Gasteiger partial charge in [0, 0.05) is 11.1 Å². The number of benzene rings is 2. The van der Waals surface area contributed by atoms with Crippen molar-refractivity contribution in [3.05, 3.63) is 71.2 Å². The molecule has 2 unspecified atom stereocenters. The number of ether oxygens (including phenoxy) is 4. The highest BCUT2D eigenvalue weighted by Crippen LogP contribution is 2.42. The van der Waals surface area contributed by atoms with Gasteiger partial charge < -0.3 is 18.9 Å². The highest BCUT2D eigenvalue weighted by atomic mass is 19.4. The summed E-state index contributed by atoms with van der Waals surface area (Å²) < 4.78 is 77.9. The van der Waals surface area contributed by atoms with E-state index in [1.54, 1.807) is 25.1 Å². The Bertz CT molecular complexity index is 1320. The van der Waals surface area contributed by atoms with Gasteiger partial charge in [-0.05, 0) is 48.4 Å². The van der Waals surface area contributed by atoms with Gasteiger partial charge in [-0.25, -0.2) is 9.37 Å². The lowest BCUT2D eigenvalue weighted by Gasteiger charge is -2.29. The van der Waals surface area contributed by atoms with Crippen LogP contribution in [0.1, 0.15) is 49.1 Å². The second-order valence-electron chi connectivity index (χ2n) is 9.37. The molecule has 6 nitrogen and oxygen atoms in total. The van der Waals surface area contributed by atoms with Gasteiger partial charge in [-0.1, -0.05) is 38.3 Å². The van der Waals surface area contributed by atoms with E-state index in [1.165, 1.54) is 57.7 Å². The van der Waals surface area contributed by atoms with E-state index in [1.807, 2.05) is 0 Å². The fraction of sp³-hybridized carbons (Fsp3) is 0.379. The molecule has 1 aromatic heterocycles. The second-order valence-corrected chi connectivity index (χ2v) is 9.37. The van der Waals surface area contributed by atoms with E-state index >= 15 is 0 Å². The lowest BCUT2D eigenvalue weighted by molar-refractivity contribution is -0.145. The summed E-state index contributed by atoms with van der Waals surface area (Å²) in [5.74, 6) is -0.628. The molecule has 1 aliphatic heterocycles. The van der Waals surface area contributed by atoms with Crippen molar-refractivity contribution in [3.63, 3.8) is 0 Å². The third kappa shape index (κ3) is 6.99. The minimum absolute atomic E-state index is 0.123. The highest BCUT2D eigenvalue weighted by Gasteiger charge is 2.39. The summed E-state index contributed by atoms with van der Waals surface area (Å²) in [7, 11) is 2.67. The Morgan fingerprint density at radius 1 is 1.05 bits per heavy atom. The van der Waals surface area contributed by atoms with E-state index in [9.17, 15) is 22.4 Å². The third-order valence-corrected chi connectivity index (χ3v) is 6.16. The molecule has 2 heterocycles. The SMILES string of the molecule is C1CC1.COC(=O)C(C)Cc1ccc2c(c1)OC(c1ccc(-c3cc(OC)ccc3F)nc1C(F)(F)F)CO2. The van der Waals surface area contributed by atoms with Crippen LogP contribution in [0.2, 0.25) is 0 Å². The van der Waals surface area contributed by atoms with Crippen molar-refractivity contribution in [2.45, 2.75) is 44.9 Å². The molecule has 0 amide bonds. The summed E-state index contributed by atoms with van der Waals surface area (Å²) in [6.07, 6.45) is -1.09. The molecular formula is C29H29F4NO5. The number of alkyl halides is 3. The van der Waals surface area contributed by atoms with Gasteiger partial charge in [0.25, 0.3) is 0 Å². The van der Waals surface area contributed by atoms with Crippen molar-refractivity contribution < 1.29 is 41.3 Å². The number of halogens is 4. The minimum Gasteiger partial charge on any atom is -0.497 e. The van der Waals surface area contributed by atoms with Crippen molar-refractivity contribution in [2.75, 3.05) is 20.8 Å². The molecule has 2 aliphatic rings. The number of aromatic nitrogens is 1. The van der Waals surface area contributed by atoms with Crippen molar-refractivity contribution in [1.82, 2.24) is 4.98 Å². The Balaban J connectivity index is 0.00000110. The van der Waals surface area contributed by atoms with Gasteiger partial charge >= 0.3 is 12.1 Å². The highest BCUT2D eigenvalue weighted by molar-refractivity contribution is 5.72. The number of fused-ring (bicyclic) bond motifs is 1. The van der Waals surface area contributed by atoms with Crippen LogP contribution in [0.15, 0.2) is 48.5 Å². The number of hydrogen-bond acceptors (Lipinski definition) is 6. The third-order valence-electron chi connectivity index (χ3n) is 6.16. The van der Waals surface area contributed by atoms with Crippen LogP contribution in [-0.4, -0.2) is 31.8 Å². The second kappa shape index (κ2) is 11.9. The maximum atomic E-state index is 14.4. The van der Waals surface area contributed by atoms with E-state index in [2.05, 4.69) is 4.98 Å². The summed E-state index contributed by atoms with van der Waals surface area (Å²) in [6, 6.07) is 11.3.